The van der Waals surface area contributed by atoms with Crippen LogP contribution in [-0.4, -0.2) is 26.5 Å². The summed E-state index contributed by atoms with van der Waals surface area (Å²) in [5.74, 6) is -0.723. The Hall–Kier alpha value is -3.55. The number of fused-ring (bicyclic) bond motifs is 1. The number of aromatic nitrogens is 4. The van der Waals surface area contributed by atoms with Crippen molar-refractivity contribution in [3.05, 3.63) is 82.4 Å². The lowest BCUT2D eigenvalue weighted by molar-refractivity contribution is 0.386. The van der Waals surface area contributed by atoms with Gasteiger partial charge in [-0.25, -0.2) is 18.0 Å². The van der Waals surface area contributed by atoms with E-state index in [0.29, 0.717) is 22.3 Å². The monoisotopic (exact) mass is 368 g/mol. The quantitative estimate of drug-likeness (QED) is 0.556. The highest BCUT2D eigenvalue weighted by Gasteiger charge is 2.11. The fourth-order valence-electron chi connectivity index (χ4n) is 2.79. The Morgan fingerprint density at radius 3 is 2.56 bits per heavy atom. The fraction of sp³-hybridized carbons (Fsp3) is 0.105. The molecule has 4 aromatic rings. The van der Waals surface area contributed by atoms with Gasteiger partial charge in [-0.05, 0) is 48.0 Å². The van der Waals surface area contributed by atoms with Crippen LogP contribution in [0.25, 0.3) is 16.8 Å². The summed E-state index contributed by atoms with van der Waals surface area (Å²) in [7, 11) is 1.39. The van der Waals surface area contributed by atoms with Gasteiger partial charge in [0.2, 0.25) is 0 Å². The Labute approximate surface area is 152 Å². The molecule has 2 heterocycles. The second kappa shape index (κ2) is 6.64. The third kappa shape index (κ3) is 3.17. The zero-order valence-corrected chi connectivity index (χ0v) is 14.3. The van der Waals surface area contributed by atoms with Gasteiger partial charge in [0.15, 0.2) is 11.6 Å². The first kappa shape index (κ1) is 16.9. The van der Waals surface area contributed by atoms with Gasteiger partial charge < -0.3 is 4.74 Å². The van der Waals surface area contributed by atoms with Crippen LogP contribution in [0.2, 0.25) is 0 Å². The Balaban J connectivity index is 1.71. The second-order valence-electron chi connectivity index (χ2n) is 5.93. The highest BCUT2D eigenvalue weighted by molar-refractivity contribution is 5.65. The number of rotatable bonds is 4. The minimum atomic E-state index is -0.507. The van der Waals surface area contributed by atoms with Gasteiger partial charge in [0.25, 0.3) is 5.56 Å². The molecule has 0 amide bonds. The van der Waals surface area contributed by atoms with Gasteiger partial charge in [-0.15, -0.1) is 0 Å². The van der Waals surface area contributed by atoms with E-state index < -0.39 is 5.82 Å². The van der Waals surface area contributed by atoms with Gasteiger partial charge in [0, 0.05) is 5.56 Å². The molecule has 4 rings (SSSR count). The van der Waals surface area contributed by atoms with E-state index in [1.165, 1.54) is 46.9 Å². The minimum Gasteiger partial charge on any atom is -0.494 e. The molecule has 8 heteroatoms. The molecule has 0 radical (unpaired) electrons. The average molecular weight is 368 g/mol. The number of methoxy groups -OCH3 is 1. The first-order chi connectivity index (χ1) is 13.0. The van der Waals surface area contributed by atoms with E-state index in [9.17, 15) is 13.6 Å². The van der Waals surface area contributed by atoms with Gasteiger partial charge >= 0.3 is 0 Å². The summed E-state index contributed by atoms with van der Waals surface area (Å²) in [6.45, 7) is 0.104. The van der Waals surface area contributed by atoms with E-state index in [-0.39, 0.29) is 23.7 Å². The summed E-state index contributed by atoms with van der Waals surface area (Å²) in [5.41, 5.74) is 1.74. The molecule has 6 nitrogen and oxygen atoms in total. The lowest BCUT2D eigenvalue weighted by Crippen LogP contribution is -2.25. The van der Waals surface area contributed by atoms with E-state index >= 15 is 0 Å². The Morgan fingerprint density at radius 1 is 1.07 bits per heavy atom. The standard InChI is InChI=1S/C19H14F2N4O2/c1-27-18-7-2-12(8-15(18)21)10-24-19(26)17-9-16(23-25(17)11-22-24)13-3-5-14(20)6-4-13/h2-9,11H,10H2,1H3. The molecular formula is C19H14F2N4O2. The summed E-state index contributed by atoms with van der Waals surface area (Å²) >= 11 is 0. The van der Waals surface area contributed by atoms with Crippen LogP contribution in [0.5, 0.6) is 5.75 Å². The normalized spacial score (nSPS) is 11.1. The van der Waals surface area contributed by atoms with Gasteiger partial charge in [-0.1, -0.05) is 6.07 Å². The third-order valence-corrected chi connectivity index (χ3v) is 4.18. The van der Waals surface area contributed by atoms with E-state index in [4.69, 9.17) is 4.74 Å². The first-order valence-electron chi connectivity index (χ1n) is 8.09. The largest absolute Gasteiger partial charge is 0.494 e. The lowest BCUT2D eigenvalue weighted by Gasteiger charge is -2.07. The highest BCUT2D eigenvalue weighted by Crippen LogP contribution is 2.19. The molecule has 27 heavy (non-hydrogen) atoms. The number of hydrogen-bond donors (Lipinski definition) is 0. The zero-order valence-electron chi connectivity index (χ0n) is 14.3. The van der Waals surface area contributed by atoms with Crippen molar-refractivity contribution in [1.29, 1.82) is 0 Å². The maximum absolute atomic E-state index is 13.9. The molecule has 2 aromatic heterocycles. The molecule has 0 N–H and O–H groups in total. The molecule has 0 fully saturated rings. The highest BCUT2D eigenvalue weighted by atomic mass is 19.1. The maximum atomic E-state index is 13.9. The average Bonchev–Trinajstić information content (AvgIpc) is 3.10. The molecule has 0 aliphatic rings. The fourth-order valence-corrected chi connectivity index (χ4v) is 2.79. The smallest absolute Gasteiger partial charge is 0.293 e. The predicted octanol–water partition coefficient (Wildman–Crippen LogP) is 2.89. The summed E-state index contributed by atoms with van der Waals surface area (Å²) in [6, 6.07) is 11.9. The number of hydrogen-bond acceptors (Lipinski definition) is 4. The van der Waals surface area contributed by atoms with Crippen LogP contribution >= 0.6 is 0 Å². The van der Waals surface area contributed by atoms with Gasteiger partial charge in [-0.2, -0.15) is 10.2 Å². The van der Waals surface area contributed by atoms with E-state index in [1.54, 1.807) is 24.3 Å². The molecular weight excluding hydrogens is 354 g/mol. The minimum absolute atomic E-state index is 0.104. The zero-order chi connectivity index (χ0) is 19.0. The summed E-state index contributed by atoms with van der Waals surface area (Å²) in [6.07, 6.45) is 1.41. The molecule has 0 bridgehead atoms. The van der Waals surface area contributed by atoms with Gasteiger partial charge in [-0.3, -0.25) is 4.79 Å². The van der Waals surface area contributed by atoms with Crippen LogP contribution in [0.1, 0.15) is 5.56 Å². The van der Waals surface area contributed by atoms with Gasteiger partial charge in [0.1, 0.15) is 17.7 Å². The van der Waals surface area contributed by atoms with Crippen molar-refractivity contribution in [3.8, 4) is 17.0 Å². The molecule has 0 saturated heterocycles. The molecule has 0 saturated carbocycles. The summed E-state index contributed by atoms with van der Waals surface area (Å²) in [5, 5.41) is 8.39. The molecule has 0 atom stereocenters. The SMILES string of the molecule is COc1ccc(Cn2ncn3nc(-c4ccc(F)cc4)cc3c2=O)cc1F. The van der Waals surface area contributed by atoms with E-state index in [1.807, 2.05) is 0 Å². The van der Waals surface area contributed by atoms with Crippen LogP contribution in [0, 0.1) is 11.6 Å². The number of ether oxygens (including phenoxy) is 1. The molecule has 0 unspecified atom stereocenters. The molecule has 0 aliphatic carbocycles. The number of halogens is 2. The van der Waals surface area contributed by atoms with Crippen LogP contribution < -0.4 is 10.3 Å². The molecule has 136 valence electrons. The Morgan fingerprint density at radius 2 is 1.85 bits per heavy atom. The van der Waals surface area contributed by atoms with Crippen molar-refractivity contribution >= 4 is 5.52 Å². The second-order valence-corrected chi connectivity index (χ2v) is 5.93. The van der Waals surface area contributed by atoms with Crippen molar-refractivity contribution in [1.82, 2.24) is 19.4 Å². The van der Waals surface area contributed by atoms with Crippen LogP contribution in [0.4, 0.5) is 8.78 Å². The third-order valence-electron chi connectivity index (χ3n) is 4.18. The first-order valence-corrected chi connectivity index (χ1v) is 8.09. The van der Waals surface area contributed by atoms with Crippen LogP contribution in [0.3, 0.4) is 0 Å². The van der Waals surface area contributed by atoms with Crippen molar-refractivity contribution < 1.29 is 13.5 Å². The van der Waals surface area contributed by atoms with Crippen LogP contribution in [0.15, 0.2) is 59.7 Å². The lowest BCUT2D eigenvalue weighted by atomic mass is 10.1. The van der Waals surface area contributed by atoms with Crippen molar-refractivity contribution in [2.45, 2.75) is 6.54 Å². The topological polar surface area (TPSA) is 61.4 Å². The summed E-state index contributed by atoms with van der Waals surface area (Å²) < 4.78 is 34.4. The maximum Gasteiger partial charge on any atom is 0.293 e. The Kier molecular flexibility index (Phi) is 4.15. The van der Waals surface area contributed by atoms with E-state index in [2.05, 4.69) is 10.2 Å². The number of nitrogens with zero attached hydrogens (tertiary/aromatic N) is 4. The van der Waals surface area contributed by atoms with Crippen molar-refractivity contribution in [3.63, 3.8) is 0 Å². The number of benzene rings is 2. The predicted molar refractivity (Wildman–Crippen MR) is 94.7 cm³/mol. The van der Waals surface area contributed by atoms with Crippen molar-refractivity contribution in [2.24, 2.45) is 0 Å². The van der Waals surface area contributed by atoms with Gasteiger partial charge in [0.05, 0.1) is 19.3 Å². The Bertz CT molecular complexity index is 1180. The summed E-state index contributed by atoms with van der Waals surface area (Å²) in [4.78, 5) is 12.7. The van der Waals surface area contributed by atoms with Crippen molar-refractivity contribution in [2.75, 3.05) is 7.11 Å². The molecule has 2 aromatic carbocycles. The molecule has 0 aliphatic heterocycles. The molecule has 0 spiro atoms. The van der Waals surface area contributed by atoms with Crippen LogP contribution in [-0.2, 0) is 6.54 Å². The van der Waals surface area contributed by atoms with E-state index in [0.717, 1.165) is 0 Å².